The maximum absolute atomic E-state index is 12.2. The van der Waals surface area contributed by atoms with Crippen LogP contribution in [0.2, 0.25) is 0 Å². The molecule has 7 heteroatoms. The topological polar surface area (TPSA) is 107 Å². The first-order chi connectivity index (χ1) is 12.0. The van der Waals surface area contributed by atoms with Gasteiger partial charge >= 0.3 is 5.97 Å². The van der Waals surface area contributed by atoms with E-state index in [1.807, 2.05) is 6.07 Å². The van der Waals surface area contributed by atoms with Crippen molar-refractivity contribution >= 4 is 39.6 Å². The largest absolute Gasteiger partial charge is 0.478 e. The fourth-order valence-electron chi connectivity index (χ4n) is 2.25. The summed E-state index contributed by atoms with van der Waals surface area (Å²) >= 11 is 6.24. The highest BCUT2D eigenvalue weighted by Crippen LogP contribution is 2.20. The number of nitrogens with one attached hydrogen (secondary N) is 1. The first-order valence-electron chi connectivity index (χ1n) is 7.13. The van der Waals surface area contributed by atoms with Crippen LogP contribution < -0.4 is 5.56 Å². The summed E-state index contributed by atoms with van der Waals surface area (Å²) in [6.07, 6.45) is 1.59. The molecule has 1 aromatic heterocycles. The highest BCUT2D eigenvalue weighted by Gasteiger charge is 2.10. The van der Waals surface area contributed by atoms with E-state index in [9.17, 15) is 9.59 Å². The Bertz CT molecular complexity index is 1110. The number of aromatic carboxylic acids is 1. The van der Waals surface area contributed by atoms with E-state index in [-0.39, 0.29) is 27.3 Å². The number of aromatic amines is 1. The van der Waals surface area contributed by atoms with Crippen molar-refractivity contribution in [3.63, 3.8) is 0 Å². The van der Waals surface area contributed by atoms with Crippen molar-refractivity contribution in [2.45, 2.75) is 0 Å². The normalized spacial score (nSPS) is 11.3. The molecule has 2 N–H and O–H groups in total. The fraction of sp³-hybridized carbons (Fsp3) is 0. The van der Waals surface area contributed by atoms with E-state index in [2.05, 4.69) is 9.97 Å². The second-order valence-electron chi connectivity index (χ2n) is 5.18. The molecule has 0 aliphatic heterocycles. The number of benzene rings is 2. The summed E-state index contributed by atoms with van der Waals surface area (Å²) in [5, 5.41) is 18.3. The van der Waals surface area contributed by atoms with Gasteiger partial charge in [-0.25, -0.2) is 9.78 Å². The Labute approximate surface area is 146 Å². The Hall–Kier alpha value is -3.43. The number of hydrogen-bond acceptors (Lipinski definition) is 4. The van der Waals surface area contributed by atoms with Crippen LogP contribution in [0, 0.1) is 11.3 Å². The van der Waals surface area contributed by atoms with Gasteiger partial charge in [0, 0.05) is 0 Å². The highest BCUT2D eigenvalue weighted by molar-refractivity contribution is 6.50. The van der Waals surface area contributed by atoms with Crippen LogP contribution in [0.3, 0.4) is 0 Å². The van der Waals surface area contributed by atoms with Crippen LogP contribution in [0.5, 0.6) is 0 Å². The monoisotopic (exact) mass is 351 g/mol. The number of carboxylic acid groups (broad SMARTS) is 1. The minimum Gasteiger partial charge on any atom is -0.478 e. The number of aromatic nitrogens is 2. The molecule has 2 aromatic carbocycles. The molecular weight excluding hydrogens is 342 g/mol. The van der Waals surface area contributed by atoms with Crippen LogP contribution in [0.15, 0.2) is 47.3 Å². The predicted molar refractivity (Wildman–Crippen MR) is 94.2 cm³/mol. The second kappa shape index (κ2) is 6.59. The Morgan fingerprint density at radius 3 is 2.60 bits per heavy atom. The Balaban J connectivity index is 2.07. The molecule has 0 radical (unpaired) electrons. The summed E-state index contributed by atoms with van der Waals surface area (Å²) < 4.78 is 0. The molecule has 6 nitrogen and oxygen atoms in total. The Morgan fingerprint density at radius 2 is 1.96 bits per heavy atom. The molecule has 122 valence electrons. The number of fused-ring (bicyclic) bond motifs is 1. The molecule has 0 fully saturated rings. The molecule has 0 saturated carbocycles. The summed E-state index contributed by atoms with van der Waals surface area (Å²) in [5.41, 5.74) is 1.11. The summed E-state index contributed by atoms with van der Waals surface area (Å²) in [6, 6.07) is 12.8. The molecule has 3 rings (SSSR count). The van der Waals surface area contributed by atoms with Crippen molar-refractivity contribution in [2.24, 2.45) is 0 Å². The summed E-state index contributed by atoms with van der Waals surface area (Å²) in [6.45, 7) is 0. The van der Waals surface area contributed by atoms with Crippen LogP contribution in [-0.4, -0.2) is 21.0 Å². The van der Waals surface area contributed by atoms with Gasteiger partial charge in [0.1, 0.15) is 0 Å². The lowest BCUT2D eigenvalue weighted by Crippen LogP contribution is -2.11. The first kappa shape index (κ1) is 16.4. The number of hydrogen-bond donors (Lipinski definition) is 2. The van der Waals surface area contributed by atoms with Crippen molar-refractivity contribution < 1.29 is 9.90 Å². The van der Waals surface area contributed by atoms with Gasteiger partial charge in [-0.1, -0.05) is 23.7 Å². The van der Waals surface area contributed by atoms with Crippen molar-refractivity contribution in [2.75, 3.05) is 0 Å². The highest BCUT2D eigenvalue weighted by atomic mass is 35.5. The smallest absolute Gasteiger partial charge is 0.335 e. The number of nitrogens with zero attached hydrogens (tertiary/aromatic N) is 2. The van der Waals surface area contributed by atoms with E-state index in [1.165, 1.54) is 18.2 Å². The van der Waals surface area contributed by atoms with Crippen LogP contribution >= 0.6 is 11.6 Å². The number of H-pyrrole nitrogens is 1. The maximum Gasteiger partial charge on any atom is 0.335 e. The number of halogens is 1. The minimum atomic E-state index is -1.11. The van der Waals surface area contributed by atoms with Gasteiger partial charge in [0.2, 0.25) is 0 Å². The van der Waals surface area contributed by atoms with Gasteiger partial charge in [-0.05, 0) is 42.0 Å². The number of nitriles is 1. The SMILES string of the molecule is N#Cc1ccc(/C=C(\Cl)c2nc3cc(C(=O)O)ccc3c(=O)[nH]2)cc1. The molecule has 0 aliphatic carbocycles. The molecule has 0 saturated heterocycles. The summed E-state index contributed by atoms with van der Waals surface area (Å²) in [4.78, 5) is 30.0. The van der Waals surface area contributed by atoms with Gasteiger partial charge in [-0.2, -0.15) is 5.26 Å². The predicted octanol–water partition coefficient (Wildman–Crippen LogP) is 3.23. The lowest BCUT2D eigenvalue weighted by Gasteiger charge is -2.03. The van der Waals surface area contributed by atoms with Crippen molar-refractivity contribution in [1.82, 2.24) is 9.97 Å². The van der Waals surface area contributed by atoms with Gasteiger partial charge in [0.05, 0.1) is 33.1 Å². The molecule has 0 amide bonds. The lowest BCUT2D eigenvalue weighted by atomic mass is 10.1. The van der Waals surface area contributed by atoms with Gasteiger partial charge in [0.25, 0.3) is 5.56 Å². The molecular formula is C18H10ClN3O3. The standard InChI is InChI=1S/C18H10ClN3O3/c19-14(7-10-1-3-11(9-20)4-2-10)16-21-15-8-12(18(24)25)5-6-13(15)17(23)22-16/h1-8H,(H,24,25)(H,21,22,23)/b14-7-. The van der Waals surface area contributed by atoms with Crippen molar-refractivity contribution in [1.29, 1.82) is 5.26 Å². The van der Waals surface area contributed by atoms with Gasteiger partial charge < -0.3 is 10.1 Å². The van der Waals surface area contributed by atoms with E-state index in [0.29, 0.717) is 5.56 Å². The minimum absolute atomic E-state index is 0.0312. The molecule has 0 aliphatic rings. The van der Waals surface area contributed by atoms with Crippen LogP contribution in [0.1, 0.15) is 27.3 Å². The number of carboxylic acids is 1. The molecule has 0 bridgehead atoms. The summed E-state index contributed by atoms with van der Waals surface area (Å²) in [7, 11) is 0. The van der Waals surface area contributed by atoms with E-state index >= 15 is 0 Å². The van der Waals surface area contributed by atoms with Gasteiger partial charge in [-0.15, -0.1) is 0 Å². The third kappa shape index (κ3) is 3.42. The molecule has 1 heterocycles. The Kier molecular flexibility index (Phi) is 4.33. The number of carbonyl (C=O) groups is 1. The average molecular weight is 352 g/mol. The van der Waals surface area contributed by atoms with Crippen molar-refractivity contribution in [3.8, 4) is 6.07 Å². The lowest BCUT2D eigenvalue weighted by molar-refractivity contribution is 0.0697. The quantitative estimate of drug-likeness (QED) is 0.753. The van der Waals surface area contributed by atoms with Crippen LogP contribution in [0.25, 0.3) is 22.0 Å². The molecule has 0 unspecified atom stereocenters. The first-order valence-corrected chi connectivity index (χ1v) is 7.51. The van der Waals surface area contributed by atoms with Crippen LogP contribution in [-0.2, 0) is 0 Å². The summed E-state index contributed by atoms with van der Waals surface area (Å²) in [5.74, 6) is -0.976. The van der Waals surface area contributed by atoms with Crippen molar-refractivity contribution in [3.05, 3.63) is 75.3 Å². The Morgan fingerprint density at radius 1 is 1.24 bits per heavy atom. The van der Waals surface area contributed by atoms with Crippen LogP contribution in [0.4, 0.5) is 0 Å². The zero-order chi connectivity index (χ0) is 18.0. The number of rotatable bonds is 3. The molecule has 3 aromatic rings. The van der Waals surface area contributed by atoms with E-state index < -0.39 is 11.5 Å². The fourth-order valence-corrected chi connectivity index (χ4v) is 2.47. The average Bonchev–Trinajstić information content (AvgIpc) is 2.61. The van der Waals surface area contributed by atoms with E-state index in [0.717, 1.165) is 5.56 Å². The molecule has 0 spiro atoms. The molecule has 0 atom stereocenters. The third-order valence-electron chi connectivity index (χ3n) is 3.51. The van der Waals surface area contributed by atoms with E-state index in [1.54, 1.807) is 30.3 Å². The second-order valence-corrected chi connectivity index (χ2v) is 5.58. The third-order valence-corrected chi connectivity index (χ3v) is 3.80. The zero-order valence-electron chi connectivity index (χ0n) is 12.7. The van der Waals surface area contributed by atoms with Gasteiger partial charge in [-0.3, -0.25) is 4.79 Å². The maximum atomic E-state index is 12.2. The zero-order valence-corrected chi connectivity index (χ0v) is 13.4. The van der Waals surface area contributed by atoms with Gasteiger partial charge in [0.15, 0.2) is 5.82 Å². The molecule has 25 heavy (non-hydrogen) atoms. The van der Waals surface area contributed by atoms with E-state index in [4.69, 9.17) is 22.0 Å².